The van der Waals surface area contributed by atoms with Crippen LogP contribution in [0.3, 0.4) is 0 Å². The number of hydrogen-bond donors (Lipinski definition) is 0. The maximum Gasteiger partial charge on any atom is 0.393 e. The molecule has 0 saturated heterocycles. The van der Waals surface area contributed by atoms with Gasteiger partial charge in [0.15, 0.2) is 0 Å². The zero-order valence-electron chi connectivity index (χ0n) is 19.3. The number of rotatable bonds is 10. The average Bonchev–Trinajstić information content (AvgIpc) is 2.76. The van der Waals surface area contributed by atoms with E-state index in [9.17, 15) is 13.2 Å². The monoisotopic (exact) mass is 438 g/mol. The highest BCUT2D eigenvalue weighted by Crippen LogP contribution is 2.43. The van der Waals surface area contributed by atoms with Crippen LogP contribution in [-0.4, -0.2) is 18.9 Å². The van der Waals surface area contributed by atoms with Gasteiger partial charge >= 0.3 is 6.18 Å². The standard InChI is InChI=1S/C27H41F3O/c1-2-3-4-5-6-19-31-26-17-15-25(16-18-26)24-13-11-23(12-14-24)22-9-7-21(8-10-22)20-27(28,29)30/h7-10,23-26H,2-6,11-20H2,1H3/t23?,24?,25-,26-. The van der Waals surface area contributed by atoms with E-state index in [1.807, 2.05) is 12.1 Å². The molecule has 0 spiro atoms. The Morgan fingerprint density at radius 3 is 1.94 bits per heavy atom. The minimum Gasteiger partial charge on any atom is -0.378 e. The molecular weight excluding hydrogens is 397 g/mol. The topological polar surface area (TPSA) is 9.23 Å². The van der Waals surface area contributed by atoms with E-state index in [2.05, 4.69) is 6.92 Å². The summed E-state index contributed by atoms with van der Waals surface area (Å²) in [6.45, 7) is 3.19. The maximum atomic E-state index is 12.6. The van der Waals surface area contributed by atoms with Crippen molar-refractivity contribution in [2.24, 2.45) is 11.8 Å². The molecule has 4 heteroatoms. The summed E-state index contributed by atoms with van der Waals surface area (Å²) >= 11 is 0. The number of alkyl halides is 3. The second kappa shape index (κ2) is 12.3. The Balaban J connectivity index is 1.33. The van der Waals surface area contributed by atoms with Crippen LogP contribution < -0.4 is 0 Å². The van der Waals surface area contributed by atoms with E-state index in [1.54, 1.807) is 12.1 Å². The Hall–Kier alpha value is -1.03. The van der Waals surface area contributed by atoms with Crippen LogP contribution >= 0.6 is 0 Å². The third kappa shape index (κ3) is 8.44. The molecule has 1 aromatic rings. The van der Waals surface area contributed by atoms with E-state index in [0.29, 0.717) is 17.6 Å². The summed E-state index contributed by atoms with van der Waals surface area (Å²) in [7, 11) is 0. The first-order valence-corrected chi connectivity index (χ1v) is 12.7. The molecule has 0 atom stereocenters. The van der Waals surface area contributed by atoms with Crippen molar-refractivity contribution in [1.29, 1.82) is 0 Å². The molecule has 0 aromatic heterocycles. The van der Waals surface area contributed by atoms with Gasteiger partial charge < -0.3 is 4.74 Å². The fourth-order valence-corrected chi connectivity index (χ4v) is 5.75. The Morgan fingerprint density at radius 2 is 1.35 bits per heavy atom. The summed E-state index contributed by atoms with van der Waals surface area (Å²) in [4.78, 5) is 0. The fraction of sp³-hybridized carbons (Fsp3) is 0.778. The van der Waals surface area contributed by atoms with Gasteiger partial charge in [0.25, 0.3) is 0 Å². The number of halogens is 3. The lowest BCUT2D eigenvalue weighted by molar-refractivity contribution is -0.127. The molecule has 0 unspecified atom stereocenters. The first-order valence-electron chi connectivity index (χ1n) is 12.7. The average molecular weight is 439 g/mol. The van der Waals surface area contributed by atoms with Gasteiger partial charge in [0.2, 0.25) is 0 Å². The molecule has 0 aliphatic heterocycles. The van der Waals surface area contributed by atoms with Gasteiger partial charge in [-0.05, 0) is 86.7 Å². The molecule has 31 heavy (non-hydrogen) atoms. The van der Waals surface area contributed by atoms with Crippen molar-refractivity contribution >= 4 is 0 Å². The lowest BCUT2D eigenvalue weighted by atomic mass is 9.69. The third-order valence-electron chi connectivity index (χ3n) is 7.61. The SMILES string of the molecule is CCCCCCCO[C@H]1CC[C@H](C2CCC(c3ccc(CC(F)(F)F)cc3)CC2)CC1. The van der Waals surface area contributed by atoms with Gasteiger partial charge in [-0.3, -0.25) is 0 Å². The normalized spacial score (nSPS) is 27.4. The molecule has 0 N–H and O–H groups in total. The number of unbranched alkanes of at least 4 members (excludes halogenated alkanes) is 4. The van der Waals surface area contributed by atoms with E-state index < -0.39 is 12.6 Å². The Bertz CT molecular complexity index is 608. The van der Waals surface area contributed by atoms with Crippen molar-refractivity contribution in [2.45, 2.75) is 115 Å². The van der Waals surface area contributed by atoms with Crippen LogP contribution in [-0.2, 0) is 11.2 Å². The molecule has 3 rings (SSSR count). The quantitative estimate of drug-likeness (QED) is 0.332. The molecule has 2 aliphatic rings. The van der Waals surface area contributed by atoms with Crippen LogP contribution in [0.1, 0.15) is 107 Å². The van der Waals surface area contributed by atoms with Gasteiger partial charge in [-0.2, -0.15) is 13.2 Å². The second-order valence-corrected chi connectivity index (χ2v) is 9.97. The van der Waals surface area contributed by atoms with Gasteiger partial charge in [0.1, 0.15) is 0 Å². The maximum absolute atomic E-state index is 12.6. The van der Waals surface area contributed by atoms with Crippen molar-refractivity contribution in [3.63, 3.8) is 0 Å². The van der Waals surface area contributed by atoms with E-state index in [1.165, 1.54) is 89.0 Å². The third-order valence-corrected chi connectivity index (χ3v) is 7.61. The molecule has 2 saturated carbocycles. The predicted molar refractivity (Wildman–Crippen MR) is 121 cm³/mol. The summed E-state index contributed by atoms with van der Waals surface area (Å²) in [6.07, 6.45) is 12.0. The molecule has 0 amide bonds. The van der Waals surface area contributed by atoms with Gasteiger partial charge in [0, 0.05) is 6.61 Å². The van der Waals surface area contributed by atoms with Gasteiger partial charge in [-0.25, -0.2) is 0 Å². The largest absolute Gasteiger partial charge is 0.393 e. The molecule has 1 aromatic carbocycles. The number of ether oxygens (including phenoxy) is 1. The summed E-state index contributed by atoms with van der Waals surface area (Å²) < 4.78 is 43.8. The van der Waals surface area contributed by atoms with Gasteiger partial charge in [-0.1, -0.05) is 56.9 Å². The minimum absolute atomic E-state index is 0.366. The Kier molecular flexibility index (Phi) is 9.74. The van der Waals surface area contributed by atoms with Crippen LogP contribution in [0.15, 0.2) is 24.3 Å². The van der Waals surface area contributed by atoms with Crippen LogP contribution in [0.5, 0.6) is 0 Å². The summed E-state index contributed by atoms with van der Waals surface area (Å²) in [5.74, 6) is 2.19. The van der Waals surface area contributed by atoms with Crippen LogP contribution in [0.25, 0.3) is 0 Å². The molecule has 176 valence electrons. The highest BCUT2D eigenvalue weighted by Gasteiger charge is 2.32. The van der Waals surface area contributed by atoms with Crippen molar-refractivity contribution in [3.8, 4) is 0 Å². The minimum atomic E-state index is -4.13. The van der Waals surface area contributed by atoms with Gasteiger partial charge in [0.05, 0.1) is 12.5 Å². The summed E-state index contributed by atoms with van der Waals surface area (Å²) in [5, 5.41) is 0. The van der Waals surface area contributed by atoms with E-state index in [-0.39, 0.29) is 0 Å². The number of benzene rings is 1. The van der Waals surface area contributed by atoms with Crippen LogP contribution in [0.4, 0.5) is 13.2 Å². The summed E-state index contributed by atoms with van der Waals surface area (Å²) in [5.41, 5.74) is 1.59. The van der Waals surface area contributed by atoms with Crippen molar-refractivity contribution in [2.75, 3.05) is 6.61 Å². The molecule has 0 radical (unpaired) electrons. The van der Waals surface area contributed by atoms with E-state index in [0.717, 1.165) is 18.4 Å². The van der Waals surface area contributed by atoms with Crippen LogP contribution in [0.2, 0.25) is 0 Å². The smallest absolute Gasteiger partial charge is 0.378 e. The zero-order valence-corrected chi connectivity index (χ0v) is 19.3. The Morgan fingerprint density at radius 1 is 0.774 bits per heavy atom. The second-order valence-electron chi connectivity index (χ2n) is 9.97. The number of hydrogen-bond acceptors (Lipinski definition) is 1. The molecule has 2 fully saturated rings. The molecule has 2 aliphatic carbocycles. The summed E-state index contributed by atoms with van der Waals surface area (Å²) in [6, 6.07) is 7.19. The highest BCUT2D eigenvalue weighted by atomic mass is 19.4. The van der Waals surface area contributed by atoms with Crippen LogP contribution in [0, 0.1) is 11.8 Å². The van der Waals surface area contributed by atoms with E-state index in [4.69, 9.17) is 4.74 Å². The first-order chi connectivity index (χ1) is 14.9. The zero-order chi connectivity index (χ0) is 22.1. The first kappa shape index (κ1) is 24.6. The van der Waals surface area contributed by atoms with Crippen molar-refractivity contribution in [1.82, 2.24) is 0 Å². The molecule has 0 heterocycles. The Labute approximate surface area is 187 Å². The molecular formula is C27H41F3O. The predicted octanol–water partition coefficient (Wildman–Crippen LogP) is 8.61. The highest BCUT2D eigenvalue weighted by molar-refractivity contribution is 5.26. The van der Waals surface area contributed by atoms with Crippen molar-refractivity contribution < 1.29 is 17.9 Å². The molecule has 0 bridgehead atoms. The lowest BCUT2D eigenvalue weighted by Crippen LogP contribution is -2.28. The molecule has 1 nitrogen and oxygen atoms in total. The van der Waals surface area contributed by atoms with E-state index >= 15 is 0 Å². The lowest BCUT2D eigenvalue weighted by Gasteiger charge is -2.38. The van der Waals surface area contributed by atoms with Gasteiger partial charge in [-0.15, -0.1) is 0 Å². The fourth-order valence-electron chi connectivity index (χ4n) is 5.75. The van der Waals surface area contributed by atoms with Crippen molar-refractivity contribution in [3.05, 3.63) is 35.4 Å².